The zero-order valence-corrected chi connectivity index (χ0v) is 18.8. The normalized spacial score (nSPS) is 19.4. The van der Waals surface area contributed by atoms with Crippen LogP contribution in [-0.4, -0.2) is 62.6 Å². The summed E-state index contributed by atoms with van der Waals surface area (Å²) < 4.78 is 20.0. The van der Waals surface area contributed by atoms with E-state index in [4.69, 9.17) is 18.9 Å². The molecule has 0 aliphatic heterocycles. The van der Waals surface area contributed by atoms with Crippen molar-refractivity contribution in [1.82, 2.24) is 10.6 Å². The molecule has 2 amide bonds. The second-order valence-electron chi connectivity index (χ2n) is 7.76. The van der Waals surface area contributed by atoms with Crippen molar-refractivity contribution >= 4 is 24.1 Å². The van der Waals surface area contributed by atoms with Crippen LogP contribution in [0.15, 0.2) is 25.3 Å². The molecule has 4 atom stereocenters. The van der Waals surface area contributed by atoms with Crippen LogP contribution in [0.2, 0.25) is 0 Å². The van der Waals surface area contributed by atoms with Gasteiger partial charge in [-0.15, -0.1) is 0 Å². The molecule has 10 heteroatoms. The molecule has 0 spiro atoms. The van der Waals surface area contributed by atoms with Gasteiger partial charge in [0.05, 0.1) is 0 Å². The second kappa shape index (κ2) is 14.9. The van der Waals surface area contributed by atoms with Crippen LogP contribution in [0.25, 0.3) is 0 Å². The first-order valence-electron chi connectivity index (χ1n) is 10.7. The first kappa shape index (κ1) is 27.0. The van der Waals surface area contributed by atoms with Crippen LogP contribution >= 0.6 is 0 Å². The number of ether oxygens (including phenoxy) is 4. The van der Waals surface area contributed by atoms with Crippen molar-refractivity contribution in [2.24, 2.45) is 11.8 Å². The van der Waals surface area contributed by atoms with Crippen molar-refractivity contribution in [3.63, 3.8) is 0 Å². The highest BCUT2D eigenvalue weighted by Gasteiger charge is 2.24. The molecule has 0 radical (unpaired) electrons. The SMILES string of the molecule is C=CC(=O)OCC(C)OC(=O)NCC1CCCC(CNC(=O)OC(C)COC(=O)C=C)C1. The first-order valence-corrected chi connectivity index (χ1v) is 10.7. The van der Waals surface area contributed by atoms with Crippen molar-refractivity contribution in [3.05, 3.63) is 25.3 Å². The molecule has 1 aliphatic rings. The van der Waals surface area contributed by atoms with E-state index in [1.165, 1.54) is 0 Å². The molecule has 4 unspecified atom stereocenters. The monoisotopic (exact) mass is 454 g/mol. The Balaban J connectivity index is 2.24. The summed E-state index contributed by atoms with van der Waals surface area (Å²) in [4.78, 5) is 45.9. The Morgan fingerprint density at radius 3 is 1.62 bits per heavy atom. The lowest BCUT2D eigenvalue weighted by Gasteiger charge is -2.29. The van der Waals surface area contributed by atoms with Gasteiger partial charge in [-0.1, -0.05) is 19.6 Å². The van der Waals surface area contributed by atoms with E-state index in [2.05, 4.69) is 23.8 Å². The predicted octanol–water partition coefficient (Wildman–Crippen LogP) is 2.48. The molecule has 0 saturated heterocycles. The van der Waals surface area contributed by atoms with Gasteiger partial charge in [-0.05, 0) is 44.9 Å². The standard InChI is InChI=1S/C22H34N2O8/c1-5-19(25)29-13-15(3)31-21(27)23-11-17-8-7-9-18(10-17)12-24-22(28)32-16(4)14-30-20(26)6-2/h5-6,15-18H,1-2,7-14H2,3-4H3,(H,23,27)(H,24,28). The Morgan fingerprint density at radius 2 is 1.25 bits per heavy atom. The van der Waals surface area contributed by atoms with Gasteiger partial charge in [0.15, 0.2) is 0 Å². The Labute approximate surface area is 188 Å². The van der Waals surface area contributed by atoms with E-state index in [-0.39, 0.29) is 25.0 Å². The molecule has 0 aromatic rings. The van der Waals surface area contributed by atoms with E-state index in [0.717, 1.165) is 37.8 Å². The van der Waals surface area contributed by atoms with Gasteiger partial charge in [0.1, 0.15) is 25.4 Å². The minimum atomic E-state index is -0.573. The Hall–Kier alpha value is -3.04. The lowest BCUT2D eigenvalue weighted by molar-refractivity contribution is -0.141. The zero-order valence-electron chi connectivity index (χ0n) is 18.8. The van der Waals surface area contributed by atoms with Gasteiger partial charge in [0, 0.05) is 25.2 Å². The third-order valence-electron chi connectivity index (χ3n) is 4.83. The molecular weight excluding hydrogens is 420 g/mol. The van der Waals surface area contributed by atoms with E-state index in [1.54, 1.807) is 13.8 Å². The molecule has 1 rings (SSSR count). The average molecular weight is 455 g/mol. The van der Waals surface area contributed by atoms with Crippen molar-refractivity contribution in [1.29, 1.82) is 0 Å². The van der Waals surface area contributed by atoms with Crippen molar-refractivity contribution in [2.75, 3.05) is 26.3 Å². The van der Waals surface area contributed by atoms with Crippen LogP contribution in [0.4, 0.5) is 9.59 Å². The molecule has 1 fully saturated rings. The van der Waals surface area contributed by atoms with Gasteiger partial charge >= 0.3 is 24.1 Å². The molecule has 0 aromatic heterocycles. The number of carbonyl (C=O) groups excluding carboxylic acids is 4. The maximum absolute atomic E-state index is 11.9. The number of nitrogens with one attached hydrogen (secondary N) is 2. The summed E-state index contributed by atoms with van der Waals surface area (Å²) in [5.41, 5.74) is 0. The first-order chi connectivity index (χ1) is 15.2. The Kier molecular flexibility index (Phi) is 12.5. The molecule has 32 heavy (non-hydrogen) atoms. The molecule has 2 N–H and O–H groups in total. The molecule has 0 bridgehead atoms. The minimum Gasteiger partial charge on any atom is -0.459 e. The number of rotatable bonds is 12. The zero-order chi connectivity index (χ0) is 23.9. The maximum atomic E-state index is 11.9. The van der Waals surface area contributed by atoms with E-state index < -0.39 is 36.3 Å². The third kappa shape index (κ3) is 12.0. The van der Waals surface area contributed by atoms with Crippen molar-refractivity contribution in [2.45, 2.75) is 51.7 Å². The smallest absolute Gasteiger partial charge is 0.407 e. The maximum Gasteiger partial charge on any atom is 0.407 e. The molecule has 1 saturated carbocycles. The Bertz CT molecular complexity index is 612. The van der Waals surface area contributed by atoms with E-state index >= 15 is 0 Å². The van der Waals surface area contributed by atoms with Gasteiger partial charge in [-0.3, -0.25) is 0 Å². The highest BCUT2D eigenvalue weighted by molar-refractivity contribution is 5.81. The van der Waals surface area contributed by atoms with Gasteiger partial charge < -0.3 is 29.6 Å². The number of alkyl carbamates (subject to hydrolysis) is 2. The van der Waals surface area contributed by atoms with Crippen LogP contribution in [0, 0.1) is 11.8 Å². The molecule has 0 aromatic carbocycles. The van der Waals surface area contributed by atoms with Crippen LogP contribution in [-0.2, 0) is 28.5 Å². The summed E-state index contributed by atoms with van der Waals surface area (Å²) in [6, 6.07) is 0. The summed E-state index contributed by atoms with van der Waals surface area (Å²) in [7, 11) is 0. The molecule has 0 heterocycles. The van der Waals surface area contributed by atoms with E-state index in [0.29, 0.717) is 13.1 Å². The molecule has 180 valence electrons. The van der Waals surface area contributed by atoms with Gasteiger partial charge in [-0.2, -0.15) is 0 Å². The Morgan fingerprint density at radius 1 is 0.844 bits per heavy atom. The second-order valence-corrected chi connectivity index (χ2v) is 7.76. The summed E-state index contributed by atoms with van der Waals surface area (Å²) >= 11 is 0. The quantitative estimate of drug-likeness (QED) is 0.261. The lowest BCUT2D eigenvalue weighted by Crippen LogP contribution is -2.38. The molecule has 10 nitrogen and oxygen atoms in total. The highest BCUT2D eigenvalue weighted by atomic mass is 16.6. The summed E-state index contributed by atoms with van der Waals surface area (Å²) in [5.74, 6) is -0.607. The minimum absolute atomic E-state index is 0.0408. The van der Waals surface area contributed by atoms with Crippen molar-refractivity contribution < 1.29 is 38.1 Å². The molecular formula is C22H34N2O8. The summed E-state index contributed by atoms with van der Waals surface area (Å²) in [6.07, 6.45) is 3.59. The summed E-state index contributed by atoms with van der Waals surface area (Å²) in [6.45, 7) is 10.7. The number of hydrogen-bond donors (Lipinski definition) is 2. The number of amides is 2. The van der Waals surface area contributed by atoms with Gasteiger partial charge in [0.25, 0.3) is 0 Å². The van der Waals surface area contributed by atoms with Gasteiger partial charge in [-0.25, -0.2) is 19.2 Å². The fraction of sp³-hybridized carbons (Fsp3) is 0.636. The topological polar surface area (TPSA) is 129 Å². The largest absolute Gasteiger partial charge is 0.459 e. The predicted molar refractivity (Wildman–Crippen MR) is 116 cm³/mol. The third-order valence-corrected chi connectivity index (χ3v) is 4.83. The van der Waals surface area contributed by atoms with E-state index in [9.17, 15) is 19.2 Å². The summed E-state index contributed by atoms with van der Waals surface area (Å²) in [5, 5.41) is 5.48. The van der Waals surface area contributed by atoms with Crippen molar-refractivity contribution in [3.8, 4) is 0 Å². The number of hydrogen-bond acceptors (Lipinski definition) is 8. The average Bonchev–Trinajstić information content (AvgIpc) is 2.78. The van der Waals surface area contributed by atoms with Crippen LogP contribution < -0.4 is 10.6 Å². The van der Waals surface area contributed by atoms with E-state index in [1.807, 2.05) is 0 Å². The molecule has 1 aliphatic carbocycles. The highest BCUT2D eigenvalue weighted by Crippen LogP contribution is 2.28. The van der Waals surface area contributed by atoms with Gasteiger partial charge in [0.2, 0.25) is 0 Å². The van der Waals surface area contributed by atoms with Crippen LogP contribution in [0.5, 0.6) is 0 Å². The number of esters is 2. The lowest BCUT2D eigenvalue weighted by atomic mass is 9.81. The number of carbonyl (C=O) groups is 4. The fourth-order valence-corrected chi connectivity index (χ4v) is 3.26. The fourth-order valence-electron chi connectivity index (χ4n) is 3.26. The van der Waals surface area contributed by atoms with Crippen LogP contribution in [0.1, 0.15) is 39.5 Å². The van der Waals surface area contributed by atoms with Crippen LogP contribution in [0.3, 0.4) is 0 Å².